The minimum absolute atomic E-state index is 0.00221. The predicted octanol–water partition coefficient (Wildman–Crippen LogP) is 3.19. The fraction of sp³-hybridized carbons (Fsp3) is 0.241. The number of fused-ring (bicyclic) bond motifs is 2. The topological polar surface area (TPSA) is 191 Å². The highest BCUT2D eigenvalue weighted by Crippen LogP contribution is 2.46. The zero-order chi connectivity index (χ0) is 28.7. The van der Waals surface area contributed by atoms with Gasteiger partial charge in [0.1, 0.15) is 34.7 Å². The molecule has 40 heavy (non-hydrogen) atoms. The van der Waals surface area contributed by atoms with Crippen LogP contribution in [-0.2, 0) is 4.74 Å². The predicted molar refractivity (Wildman–Crippen MR) is 138 cm³/mol. The van der Waals surface area contributed by atoms with E-state index in [0.717, 1.165) is 43.5 Å². The van der Waals surface area contributed by atoms with Crippen molar-refractivity contribution in [3.05, 3.63) is 82.4 Å². The number of nitrogens with one attached hydrogen (secondary N) is 1. The van der Waals surface area contributed by atoms with E-state index < -0.39 is 63.8 Å². The Morgan fingerprint density at radius 3 is 2.08 bits per heavy atom. The van der Waals surface area contributed by atoms with Crippen LogP contribution in [0.15, 0.2) is 54.6 Å². The molecule has 3 aromatic carbocycles. The number of esters is 1. The summed E-state index contributed by atoms with van der Waals surface area (Å²) in [7, 11) is 0. The molecule has 2 aliphatic carbocycles. The molecular weight excluding hydrogens is 522 g/mol. The van der Waals surface area contributed by atoms with Crippen LogP contribution in [0.1, 0.15) is 66.3 Å². The van der Waals surface area contributed by atoms with E-state index in [0.29, 0.717) is 5.56 Å². The number of carbonyl (C=O) groups excluding carboxylic acids is 3. The van der Waals surface area contributed by atoms with Gasteiger partial charge >= 0.3 is 11.9 Å². The van der Waals surface area contributed by atoms with Crippen molar-refractivity contribution >= 4 is 23.6 Å². The molecule has 6 N–H and O–H groups in total. The first-order chi connectivity index (χ1) is 19.0. The summed E-state index contributed by atoms with van der Waals surface area (Å²) in [6.07, 6.45) is 1.72. The number of carboxylic acid groups (broad SMARTS) is 1. The van der Waals surface area contributed by atoms with Gasteiger partial charge in [0.15, 0.2) is 0 Å². The molecule has 11 nitrogen and oxygen atoms in total. The molecule has 3 unspecified atom stereocenters. The summed E-state index contributed by atoms with van der Waals surface area (Å²) < 4.78 is 5.75. The Balaban J connectivity index is 1.37. The van der Waals surface area contributed by atoms with Crippen molar-refractivity contribution in [2.75, 3.05) is 0 Å². The summed E-state index contributed by atoms with van der Waals surface area (Å²) >= 11 is 0. The number of phenols is 4. The number of ketones is 1. The van der Waals surface area contributed by atoms with Crippen LogP contribution >= 0.6 is 0 Å². The first kappa shape index (κ1) is 26.5. The molecule has 0 aromatic heterocycles. The highest BCUT2D eigenvalue weighted by atomic mass is 16.5. The van der Waals surface area contributed by atoms with Crippen LogP contribution in [0.2, 0.25) is 0 Å². The molecule has 2 bridgehead atoms. The molecule has 2 fully saturated rings. The average molecular weight is 548 g/mol. The van der Waals surface area contributed by atoms with Crippen LogP contribution in [-0.4, -0.2) is 61.3 Å². The van der Waals surface area contributed by atoms with Gasteiger partial charge in [-0.15, -0.1) is 0 Å². The standard InChI is InChI=1S/C29H25NO10/c31-17-8-6-13(7-9-17)27(36)30-24-14-4-5-15(10-14)26(24)40-29(39)16-11-20(33)23(21(34)12-16)25(35)22-18(28(37)38)2-1-3-19(22)32/h1-3,6-9,11-12,14-15,24,26,31-34H,4-5,10H2,(H,30,36)(H,37,38)/t14?,15?,24?,26-/m1/s1. The fourth-order valence-corrected chi connectivity index (χ4v) is 5.69. The molecule has 0 heterocycles. The number of hydrogen-bond acceptors (Lipinski definition) is 9. The van der Waals surface area contributed by atoms with E-state index in [1.165, 1.54) is 30.3 Å². The number of rotatable bonds is 7. The number of hydrogen-bond donors (Lipinski definition) is 6. The molecular formula is C29H25NO10. The number of phenolic OH excluding ortho intramolecular Hbond substituents is 4. The third-order valence-electron chi connectivity index (χ3n) is 7.57. The molecule has 206 valence electrons. The molecule has 1 amide bonds. The normalized spacial score (nSPS) is 21.1. The van der Waals surface area contributed by atoms with Crippen molar-refractivity contribution in [3.63, 3.8) is 0 Å². The van der Waals surface area contributed by atoms with Crippen LogP contribution in [0.5, 0.6) is 23.0 Å². The van der Waals surface area contributed by atoms with Gasteiger partial charge in [-0.3, -0.25) is 9.59 Å². The third kappa shape index (κ3) is 4.77. The molecule has 0 radical (unpaired) electrons. The van der Waals surface area contributed by atoms with Crippen LogP contribution in [0.4, 0.5) is 0 Å². The summed E-state index contributed by atoms with van der Waals surface area (Å²) in [6, 6.07) is 10.5. The zero-order valence-electron chi connectivity index (χ0n) is 20.9. The smallest absolute Gasteiger partial charge is 0.338 e. The molecule has 4 atom stereocenters. The second-order valence-corrected chi connectivity index (χ2v) is 9.97. The quantitative estimate of drug-likeness (QED) is 0.189. The van der Waals surface area contributed by atoms with E-state index in [1.807, 2.05) is 0 Å². The number of aromatic carboxylic acids is 1. The van der Waals surface area contributed by atoms with E-state index in [4.69, 9.17) is 4.74 Å². The van der Waals surface area contributed by atoms with Crippen molar-refractivity contribution < 1.29 is 49.4 Å². The molecule has 2 saturated carbocycles. The number of amides is 1. The number of ether oxygens (including phenoxy) is 1. The van der Waals surface area contributed by atoms with Gasteiger partial charge in [-0.25, -0.2) is 9.59 Å². The zero-order valence-corrected chi connectivity index (χ0v) is 20.9. The van der Waals surface area contributed by atoms with Crippen LogP contribution in [0.25, 0.3) is 0 Å². The summed E-state index contributed by atoms with van der Waals surface area (Å²) in [5.41, 5.74) is -1.81. The monoisotopic (exact) mass is 547 g/mol. The van der Waals surface area contributed by atoms with Gasteiger partial charge in [0, 0.05) is 5.56 Å². The van der Waals surface area contributed by atoms with Crippen LogP contribution < -0.4 is 5.32 Å². The summed E-state index contributed by atoms with van der Waals surface area (Å²) in [6.45, 7) is 0. The Kier molecular flexibility index (Phi) is 6.80. The van der Waals surface area contributed by atoms with E-state index in [1.54, 1.807) is 0 Å². The van der Waals surface area contributed by atoms with Crippen molar-refractivity contribution in [3.8, 4) is 23.0 Å². The van der Waals surface area contributed by atoms with Gasteiger partial charge in [0.2, 0.25) is 5.78 Å². The molecule has 11 heteroatoms. The highest BCUT2D eigenvalue weighted by Gasteiger charge is 2.50. The lowest BCUT2D eigenvalue weighted by molar-refractivity contribution is 0.00498. The maximum Gasteiger partial charge on any atom is 0.338 e. The van der Waals surface area contributed by atoms with Crippen LogP contribution in [0.3, 0.4) is 0 Å². The molecule has 3 aromatic rings. The Morgan fingerprint density at radius 1 is 0.775 bits per heavy atom. The molecule has 2 aliphatic rings. The van der Waals surface area contributed by atoms with Crippen molar-refractivity contribution in [1.82, 2.24) is 5.32 Å². The van der Waals surface area contributed by atoms with Gasteiger partial charge in [0.05, 0.1) is 22.7 Å². The Morgan fingerprint density at radius 2 is 1.43 bits per heavy atom. The molecule has 0 saturated heterocycles. The van der Waals surface area contributed by atoms with Gasteiger partial charge in [-0.1, -0.05) is 6.07 Å². The van der Waals surface area contributed by atoms with Gasteiger partial charge < -0.3 is 35.6 Å². The lowest BCUT2D eigenvalue weighted by atomic mass is 9.92. The first-order valence-electron chi connectivity index (χ1n) is 12.5. The fourth-order valence-electron chi connectivity index (χ4n) is 5.69. The number of carboxylic acids is 1. The van der Waals surface area contributed by atoms with Crippen LogP contribution in [0, 0.1) is 11.8 Å². The SMILES string of the molecule is O=C(NC1C2CCC(C2)[C@H]1OC(=O)c1cc(O)c(C(=O)c2c(O)cccc2C(=O)O)c(O)c1)c1ccc(O)cc1. The van der Waals surface area contributed by atoms with Crippen molar-refractivity contribution in [1.29, 1.82) is 0 Å². The van der Waals surface area contributed by atoms with E-state index >= 15 is 0 Å². The minimum Gasteiger partial charge on any atom is -0.508 e. The molecule has 5 rings (SSSR count). The molecule has 0 aliphatic heterocycles. The van der Waals surface area contributed by atoms with E-state index in [9.17, 15) is 44.7 Å². The average Bonchev–Trinajstić information content (AvgIpc) is 3.51. The first-order valence-corrected chi connectivity index (χ1v) is 12.5. The minimum atomic E-state index is -1.50. The second kappa shape index (κ2) is 10.3. The summed E-state index contributed by atoms with van der Waals surface area (Å²) in [5.74, 6) is -6.14. The maximum atomic E-state index is 13.1. The van der Waals surface area contributed by atoms with Crippen molar-refractivity contribution in [2.45, 2.75) is 31.4 Å². The second-order valence-electron chi connectivity index (χ2n) is 9.97. The largest absolute Gasteiger partial charge is 0.508 e. The summed E-state index contributed by atoms with van der Waals surface area (Å²) in [5, 5.41) is 53.0. The number of aromatic hydroxyl groups is 4. The Bertz CT molecular complexity index is 1510. The van der Waals surface area contributed by atoms with Gasteiger partial charge in [0.25, 0.3) is 5.91 Å². The van der Waals surface area contributed by atoms with Gasteiger partial charge in [-0.05, 0) is 79.6 Å². The van der Waals surface area contributed by atoms with E-state index in [-0.39, 0.29) is 29.1 Å². The van der Waals surface area contributed by atoms with Gasteiger partial charge in [-0.2, -0.15) is 0 Å². The Labute approximate surface area is 227 Å². The van der Waals surface area contributed by atoms with E-state index in [2.05, 4.69) is 5.32 Å². The lowest BCUT2D eigenvalue weighted by Gasteiger charge is -2.31. The Hall–Kier alpha value is -5.06. The maximum absolute atomic E-state index is 13.1. The number of benzene rings is 3. The lowest BCUT2D eigenvalue weighted by Crippen LogP contribution is -2.48. The van der Waals surface area contributed by atoms with Crippen molar-refractivity contribution in [2.24, 2.45) is 11.8 Å². The number of carbonyl (C=O) groups is 4. The summed E-state index contributed by atoms with van der Waals surface area (Å²) in [4.78, 5) is 50.5. The molecule has 0 spiro atoms. The highest BCUT2D eigenvalue weighted by molar-refractivity contribution is 6.18. The third-order valence-corrected chi connectivity index (χ3v) is 7.57.